The van der Waals surface area contributed by atoms with Crippen LogP contribution in [-0.2, 0) is 5.41 Å². The fourth-order valence-electron chi connectivity index (χ4n) is 1.98. The normalized spacial score (nSPS) is 12.1. The highest BCUT2D eigenvalue weighted by Crippen LogP contribution is 2.25. The van der Waals surface area contributed by atoms with Gasteiger partial charge in [-0.05, 0) is 60.7 Å². The van der Waals surface area contributed by atoms with Crippen molar-refractivity contribution in [3.8, 4) is 0 Å². The van der Waals surface area contributed by atoms with E-state index in [2.05, 4.69) is 64.2 Å². The highest BCUT2D eigenvalue weighted by atomic mass is 32.2. The number of thioether (sulfide) groups is 1. The molecule has 20 heavy (non-hydrogen) atoms. The first-order chi connectivity index (χ1) is 9.39. The number of benzene rings is 1. The van der Waals surface area contributed by atoms with Gasteiger partial charge in [0, 0.05) is 4.90 Å². The van der Waals surface area contributed by atoms with Gasteiger partial charge in [-0.25, -0.2) is 0 Å². The molecule has 0 radical (unpaired) electrons. The Labute approximate surface area is 129 Å². The van der Waals surface area contributed by atoms with Crippen molar-refractivity contribution in [2.24, 2.45) is 5.92 Å². The number of unbranched alkanes of at least 4 members (excludes halogenated alkanes) is 1. The van der Waals surface area contributed by atoms with Crippen LogP contribution in [0.15, 0.2) is 29.2 Å². The first-order valence-corrected chi connectivity index (χ1v) is 8.82. The van der Waals surface area contributed by atoms with Gasteiger partial charge in [-0.2, -0.15) is 0 Å². The zero-order chi connectivity index (χ0) is 15.0. The highest BCUT2D eigenvalue weighted by molar-refractivity contribution is 7.99. The van der Waals surface area contributed by atoms with E-state index in [0.717, 1.165) is 19.0 Å². The Balaban J connectivity index is 2.16. The van der Waals surface area contributed by atoms with Crippen LogP contribution in [0.5, 0.6) is 0 Å². The Bertz CT molecular complexity index is 362. The molecule has 2 heteroatoms. The minimum absolute atomic E-state index is 0.255. The SMILES string of the molecule is CC(C)CNCCCCSc1ccc(C(C)(C)C)cc1. The monoisotopic (exact) mass is 293 g/mol. The molecule has 0 heterocycles. The third-order valence-electron chi connectivity index (χ3n) is 3.29. The van der Waals surface area contributed by atoms with Gasteiger partial charge in [-0.1, -0.05) is 46.8 Å². The average Bonchev–Trinajstić information content (AvgIpc) is 2.37. The second-order valence-electron chi connectivity index (χ2n) is 6.93. The van der Waals surface area contributed by atoms with Crippen molar-refractivity contribution in [2.75, 3.05) is 18.8 Å². The zero-order valence-electron chi connectivity index (χ0n) is 13.8. The van der Waals surface area contributed by atoms with Gasteiger partial charge in [0.2, 0.25) is 0 Å². The smallest absolute Gasteiger partial charge is 0.00721 e. The summed E-state index contributed by atoms with van der Waals surface area (Å²) >= 11 is 1.98. The first kappa shape index (κ1) is 17.6. The van der Waals surface area contributed by atoms with Crippen LogP contribution >= 0.6 is 11.8 Å². The molecule has 1 N–H and O–H groups in total. The summed E-state index contributed by atoms with van der Waals surface area (Å²) in [5.41, 5.74) is 1.67. The summed E-state index contributed by atoms with van der Waals surface area (Å²) in [5.74, 6) is 1.98. The lowest BCUT2D eigenvalue weighted by Gasteiger charge is -2.19. The molecule has 0 fully saturated rings. The molecule has 1 aromatic rings. The molecule has 0 aliphatic heterocycles. The number of rotatable bonds is 8. The molecule has 0 aliphatic carbocycles. The van der Waals surface area contributed by atoms with Gasteiger partial charge in [0.25, 0.3) is 0 Å². The molecule has 1 nitrogen and oxygen atoms in total. The Morgan fingerprint density at radius 2 is 1.70 bits per heavy atom. The van der Waals surface area contributed by atoms with Crippen LogP contribution in [0.25, 0.3) is 0 Å². The number of hydrogen-bond donors (Lipinski definition) is 1. The zero-order valence-corrected chi connectivity index (χ0v) is 14.6. The van der Waals surface area contributed by atoms with Gasteiger partial charge in [-0.3, -0.25) is 0 Å². The first-order valence-electron chi connectivity index (χ1n) is 7.83. The highest BCUT2D eigenvalue weighted by Gasteiger charge is 2.12. The Hall–Kier alpha value is -0.470. The Morgan fingerprint density at radius 1 is 1.05 bits per heavy atom. The van der Waals surface area contributed by atoms with E-state index < -0.39 is 0 Å². The maximum absolute atomic E-state index is 3.50. The van der Waals surface area contributed by atoms with E-state index in [9.17, 15) is 0 Å². The van der Waals surface area contributed by atoms with E-state index in [1.165, 1.54) is 29.1 Å². The van der Waals surface area contributed by atoms with Crippen molar-refractivity contribution < 1.29 is 0 Å². The van der Waals surface area contributed by atoms with E-state index in [-0.39, 0.29) is 5.41 Å². The lowest BCUT2D eigenvalue weighted by Crippen LogP contribution is -2.20. The van der Waals surface area contributed by atoms with Crippen molar-refractivity contribution in [1.29, 1.82) is 0 Å². The largest absolute Gasteiger partial charge is 0.316 e. The summed E-state index contributed by atoms with van der Waals surface area (Å²) in [6.07, 6.45) is 2.57. The third kappa shape index (κ3) is 7.35. The van der Waals surface area contributed by atoms with Gasteiger partial charge >= 0.3 is 0 Å². The van der Waals surface area contributed by atoms with Crippen LogP contribution in [0.2, 0.25) is 0 Å². The van der Waals surface area contributed by atoms with Crippen molar-refractivity contribution >= 4 is 11.8 Å². The van der Waals surface area contributed by atoms with Crippen molar-refractivity contribution in [3.63, 3.8) is 0 Å². The van der Waals surface area contributed by atoms with Crippen LogP contribution in [0.1, 0.15) is 53.0 Å². The maximum Gasteiger partial charge on any atom is 0.00721 e. The van der Waals surface area contributed by atoms with E-state index in [4.69, 9.17) is 0 Å². The molecule has 1 rings (SSSR count). The van der Waals surface area contributed by atoms with Gasteiger partial charge in [0.15, 0.2) is 0 Å². The van der Waals surface area contributed by atoms with Crippen LogP contribution in [0.3, 0.4) is 0 Å². The van der Waals surface area contributed by atoms with Crippen molar-refractivity contribution in [1.82, 2.24) is 5.32 Å². The van der Waals surface area contributed by atoms with Crippen molar-refractivity contribution in [2.45, 2.75) is 57.8 Å². The molecule has 1 aromatic carbocycles. The molecule has 0 amide bonds. The molecule has 0 bridgehead atoms. The summed E-state index contributed by atoms with van der Waals surface area (Å²) in [4.78, 5) is 1.40. The van der Waals surface area contributed by atoms with Crippen molar-refractivity contribution in [3.05, 3.63) is 29.8 Å². The van der Waals surface area contributed by atoms with E-state index in [1.807, 2.05) is 11.8 Å². The standard InChI is InChI=1S/C18H31NS/c1-15(2)14-19-12-6-7-13-20-17-10-8-16(9-11-17)18(3,4)5/h8-11,15,19H,6-7,12-14H2,1-5H3. The summed E-state index contributed by atoms with van der Waals surface area (Å²) < 4.78 is 0. The topological polar surface area (TPSA) is 12.0 Å². The van der Waals surface area contributed by atoms with E-state index in [0.29, 0.717) is 0 Å². The molecule has 0 unspecified atom stereocenters. The minimum atomic E-state index is 0.255. The molecule has 0 saturated heterocycles. The summed E-state index contributed by atoms with van der Waals surface area (Å²) in [7, 11) is 0. The van der Waals surface area contributed by atoms with Gasteiger partial charge in [0.1, 0.15) is 0 Å². The quantitative estimate of drug-likeness (QED) is 0.528. The molecule has 0 spiro atoms. The molecule has 0 aromatic heterocycles. The van der Waals surface area contributed by atoms with E-state index in [1.54, 1.807) is 0 Å². The summed E-state index contributed by atoms with van der Waals surface area (Å²) in [6.45, 7) is 13.6. The van der Waals surface area contributed by atoms with Crippen LogP contribution in [-0.4, -0.2) is 18.8 Å². The van der Waals surface area contributed by atoms with E-state index >= 15 is 0 Å². The molecule has 0 atom stereocenters. The predicted octanol–water partition coefficient (Wildman–Crippen LogP) is 5.10. The Kier molecular flexibility index (Phi) is 7.68. The third-order valence-corrected chi connectivity index (χ3v) is 4.39. The lowest BCUT2D eigenvalue weighted by atomic mass is 9.87. The van der Waals surface area contributed by atoms with Gasteiger partial charge in [0.05, 0.1) is 0 Å². The molecule has 114 valence electrons. The summed E-state index contributed by atoms with van der Waals surface area (Å²) in [5, 5.41) is 3.50. The average molecular weight is 294 g/mol. The second kappa shape index (κ2) is 8.74. The molecular formula is C18H31NS. The molecule has 0 saturated carbocycles. The maximum atomic E-state index is 3.50. The van der Waals surface area contributed by atoms with Crippen LogP contribution in [0, 0.1) is 5.92 Å². The fraction of sp³-hybridized carbons (Fsp3) is 0.667. The van der Waals surface area contributed by atoms with Gasteiger partial charge < -0.3 is 5.32 Å². The van der Waals surface area contributed by atoms with Crippen LogP contribution in [0.4, 0.5) is 0 Å². The Morgan fingerprint density at radius 3 is 2.25 bits per heavy atom. The predicted molar refractivity (Wildman–Crippen MR) is 92.8 cm³/mol. The van der Waals surface area contributed by atoms with Crippen LogP contribution < -0.4 is 5.32 Å². The fourth-order valence-corrected chi connectivity index (χ4v) is 2.90. The molecular weight excluding hydrogens is 262 g/mol. The number of nitrogens with one attached hydrogen (secondary N) is 1. The minimum Gasteiger partial charge on any atom is -0.316 e. The summed E-state index contributed by atoms with van der Waals surface area (Å²) in [6, 6.07) is 9.07. The number of hydrogen-bond acceptors (Lipinski definition) is 2. The molecule has 0 aliphatic rings. The van der Waals surface area contributed by atoms with Gasteiger partial charge in [-0.15, -0.1) is 11.8 Å². The lowest BCUT2D eigenvalue weighted by molar-refractivity contribution is 0.541. The second-order valence-corrected chi connectivity index (χ2v) is 8.10.